The molecule has 0 fully saturated rings. The number of benzene rings is 4. The molecule has 1 aliphatic rings. The van der Waals surface area contributed by atoms with Crippen LogP contribution in [0.15, 0.2) is 97.2 Å². The van der Waals surface area contributed by atoms with E-state index in [2.05, 4.69) is 52.5 Å². The Hall–Kier alpha value is -4.71. The summed E-state index contributed by atoms with van der Waals surface area (Å²) in [7, 11) is 3.32. The minimum atomic E-state index is -0.120. The summed E-state index contributed by atoms with van der Waals surface area (Å²) in [5.74, 6) is 2.06. The molecule has 0 aliphatic carbocycles. The van der Waals surface area contributed by atoms with Crippen molar-refractivity contribution in [3.63, 3.8) is 0 Å². The molecule has 0 spiro atoms. The van der Waals surface area contributed by atoms with Gasteiger partial charge in [-0.25, -0.2) is 0 Å². The Balaban J connectivity index is 1.29. The summed E-state index contributed by atoms with van der Waals surface area (Å²) in [6, 6.07) is 30.6. The predicted octanol–water partition coefficient (Wildman–Crippen LogP) is 6.80. The molecule has 1 aromatic heterocycles. The Morgan fingerprint density at radius 2 is 1.68 bits per heavy atom. The zero-order valence-corrected chi connectivity index (χ0v) is 22.7. The minimum absolute atomic E-state index is 0.00194. The highest BCUT2D eigenvalue weighted by molar-refractivity contribution is 6.06. The van der Waals surface area contributed by atoms with E-state index in [1.54, 1.807) is 14.2 Å². The largest absolute Gasteiger partial charge is 0.497 e. The fourth-order valence-electron chi connectivity index (χ4n) is 5.55. The molecule has 1 atom stereocenters. The average Bonchev–Trinajstić information content (AvgIpc) is 3.28. The van der Waals surface area contributed by atoms with Crippen LogP contribution in [0.2, 0.25) is 0 Å². The number of anilines is 1. The van der Waals surface area contributed by atoms with E-state index in [0.29, 0.717) is 24.5 Å². The molecule has 1 N–H and O–H groups in total. The summed E-state index contributed by atoms with van der Waals surface area (Å²) in [5.41, 5.74) is 6.52. The van der Waals surface area contributed by atoms with Gasteiger partial charge in [-0.2, -0.15) is 0 Å². The van der Waals surface area contributed by atoms with Gasteiger partial charge in [0.05, 0.1) is 32.0 Å². The Kier molecular flexibility index (Phi) is 7.15. The van der Waals surface area contributed by atoms with Crippen molar-refractivity contribution in [2.24, 2.45) is 0 Å². The van der Waals surface area contributed by atoms with E-state index in [4.69, 9.17) is 14.2 Å². The van der Waals surface area contributed by atoms with Gasteiger partial charge in [-0.05, 0) is 58.7 Å². The van der Waals surface area contributed by atoms with Gasteiger partial charge < -0.3 is 24.1 Å². The van der Waals surface area contributed by atoms with Crippen molar-refractivity contribution in [1.29, 1.82) is 0 Å². The van der Waals surface area contributed by atoms with Gasteiger partial charge in [0.2, 0.25) is 5.91 Å². The molecular formula is C34H32N2O4. The zero-order chi connectivity index (χ0) is 27.5. The molecule has 202 valence electrons. The van der Waals surface area contributed by atoms with Crippen LogP contribution in [0.5, 0.6) is 17.2 Å². The standard InChI is InChI=1S/C34H32N2O4/c1-38-26-14-11-23(12-15-26)17-18-40-31-16-13-25(19-32(31)39-2)27-20-33(37)35-29-9-6-10-30-34(29)28(27)22-36(30)21-24-7-4-3-5-8-24/h3-16,19,22,27H,17-18,20-21H2,1-2H3,(H,35,37)/t27-/m1/s1. The van der Waals surface area contributed by atoms with E-state index in [1.165, 1.54) is 11.1 Å². The van der Waals surface area contributed by atoms with Crippen LogP contribution in [0, 0.1) is 0 Å². The van der Waals surface area contributed by atoms with Gasteiger partial charge >= 0.3 is 0 Å². The molecule has 0 saturated heterocycles. The highest BCUT2D eigenvalue weighted by atomic mass is 16.5. The number of methoxy groups -OCH3 is 2. The van der Waals surface area contributed by atoms with Gasteiger partial charge in [-0.3, -0.25) is 4.79 Å². The Morgan fingerprint density at radius 1 is 0.850 bits per heavy atom. The van der Waals surface area contributed by atoms with Gasteiger partial charge in [0, 0.05) is 36.9 Å². The second-order valence-corrected chi connectivity index (χ2v) is 10.1. The molecule has 5 aromatic rings. The first-order valence-electron chi connectivity index (χ1n) is 13.5. The first-order chi connectivity index (χ1) is 19.6. The number of nitrogens with one attached hydrogen (secondary N) is 1. The number of aromatic nitrogens is 1. The molecule has 0 unspecified atom stereocenters. The lowest BCUT2D eigenvalue weighted by Crippen LogP contribution is -2.14. The van der Waals surface area contributed by atoms with E-state index in [9.17, 15) is 4.79 Å². The lowest BCUT2D eigenvalue weighted by molar-refractivity contribution is -0.116. The lowest BCUT2D eigenvalue weighted by Gasteiger charge is -2.18. The van der Waals surface area contributed by atoms with E-state index in [0.717, 1.165) is 46.4 Å². The summed E-state index contributed by atoms with van der Waals surface area (Å²) in [4.78, 5) is 13.0. The highest BCUT2D eigenvalue weighted by Gasteiger charge is 2.28. The van der Waals surface area contributed by atoms with Crippen molar-refractivity contribution < 1.29 is 19.0 Å². The number of carbonyl (C=O) groups excluding carboxylic acids is 1. The van der Waals surface area contributed by atoms with Crippen molar-refractivity contribution >= 4 is 22.5 Å². The van der Waals surface area contributed by atoms with Crippen molar-refractivity contribution in [2.75, 3.05) is 26.1 Å². The first kappa shape index (κ1) is 25.6. The van der Waals surface area contributed by atoms with Crippen LogP contribution in [0.3, 0.4) is 0 Å². The van der Waals surface area contributed by atoms with Crippen LogP contribution in [-0.4, -0.2) is 31.3 Å². The van der Waals surface area contributed by atoms with Crippen molar-refractivity contribution in [3.8, 4) is 17.2 Å². The second-order valence-electron chi connectivity index (χ2n) is 10.1. The molecule has 40 heavy (non-hydrogen) atoms. The quantitative estimate of drug-likeness (QED) is 0.227. The highest BCUT2D eigenvalue weighted by Crippen LogP contribution is 2.43. The summed E-state index contributed by atoms with van der Waals surface area (Å²) in [5, 5.41) is 4.23. The molecule has 2 heterocycles. The number of hydrogen-bond acceptors (Lipinski definition) is 4. The monoisotopic (exact) mass is 532 g/mol. The molecule has 1 amide bonds. The van der Waals surface area contributed by atoms with Crippen LogP contribution in [-0.2, 0) is 17.8 Å². The maximum atomic E-state index is 13.0. The molecule has 6 heteroatoms. The molecule has 0 bridgehead atoms. The number of nitrogens with zero attached hydrogens (tertiary/aromatic N) is 1. The van der Waals surface area contributed by atoms with E-state index < -0.39 is 0 Å². The number of amides is 1. The fourth-order valence-corrected chi connectivity index (χ4v) is 5.55. The normalized spacial score (nSPS) is 14.4. The molecule has 4 aromatic carbocycles. The third-order valence-electron chi connectivity index (χ3n) is 7.57. The molecule has 6 nitrogen and oxygen atoms in total. The third-order valence-corrected chi connectivity index (χ3v) is 7.57. The Morgan fingerprint density at radius 3 is 2.45 bits per heavy atom. The van der Waals surface area contributed by atoms with Crippen LogP contribution in [0.1, 0.15) is 34.6 Å². The maximum Gasteiger partial charge on any atom is 0.225 e. The van der Waals surface area contributed by atoms with Gasteiger partial charge in [0.25, 0.3) is 0 Å². The van der Waals surface area contributed by atoms with Crippen LogP contribution < -0.4 is 19.5 Å². The first-order valence-corrected chi connectivity index (χ1v) is 13.5. The fraction of sp³-hybridized carbons (Fsp3) is 0.206. The topological polar surface area (TPSA) is 61.7 Å². The van der Waals surface area contributed by atoms with E-state index in [-0.39, 0.29) is 11.8 Å². The predicted molar refractivity (Wildman–Crippen MR) is 158 cm³/mol. The van der Waals surface area contributed by atoms with Crippen molar-refractivity contribution in [1.82, 2.24) is 4.57 Å². The molecule has 0 saturated carbocycles. The number of ether oxygens (including phenoxy) is 3. The number of carbonyl (C=O) groups is 1. The summed E-state index contributed by atoms with van der Waals surface area (Å²) >= 11 is 0. The molecular weight excluding hydrogens is 500 g/mol. The Labute approximate surface area is 234 Å². The zero-order valence-electron chi connectivity index (χ0n) is 22.7. The number of hydrogen-bond donors (Lipinski definition) is 1. The lowest BCUT2D eigenvalue weighted by atomic mass is 9.88. The van der Waals surface area contributed by atoms with Gasteiger partial charge in [0.1, 0.15) is 5.75 Å². The van der Waals surface area contributed by atoms with Gasteiger partial charge in [-0.15, -0.1) is 0 Å². The SMILES string of the molecule is COc1ccc(CCOc2ccc([C@H]3CC(=O)Nc4cccc5c4c3cn5Cc3ccccc3)cc2OC)cc1. The second kappa shape index (κ2) is 11.2. The summed E-state index contributed by atoms with van der Waals surface area (Å²) in [6.45, 7) is 1.27. The van der Waals surface area contributed by atoms with Crippen LogP contribution in [0.4, 0.5) is 5.69 Å². The van der Waals surface area contributed by atoms with E-state index in [1.807, 2.05) is 54.6 Å². The number of rotatable bonds is 9. The Bertz CT molecular complexity index is 1640. The van der Waals surface area contributed by atoms with Crippen LogP contribution >= 0.6 is 0 Å². The summed E-state index contributed by atoms with van der Waals surface area (Å²) < 4.78 is 19.4. The third kappa shape index (κ3) is 5.13. The molecule has 1 aliphatic heterocycles. The summed E-state index contributed by atoms with van der Waals surface area (Å²) in [6.07, 6.45) is 3.32. The van der Waals surface area contributed by atoms with Crippen LogP contribution in [0.25, 0.3) is 10.9 Å². The minimum Gasteiger partial charge on any atom is -0.497 e. The van der Waals surface area contributed by atoms with Crippen molar-refractivity contribution in [3.05, 3.63) is 119 Å². The maximum absolute atomic E-state index is 13.0. The van der Waals surface area contributed by atoms with Crippen molar-refractivity contribution in [2.45, 2.75) is 25.3 Å². The molecule has 6 rings (SSSR count). The molecule has 0 radical (unpaired) electrons. The van der Waals surface area contributed by atoms with Gasteiger partial charge in [0.15, 0.2) is 11.5 Å². The average molecular weight is 533 g/mol. The van der Waals surface area contributed by atoms with E-state index >= 15 is 0 Å². The smallest absolute Gasteiger partial charge is 0.225 e. The van der Waals surface area contributed by atoms with Gasteiger partial charge in [-0.1, -0.05) is 54.6 Å².